The maximum Gasteiger partial charge on any atom is 0.126 e. The lowest BCUT2D eigenvalue weighted by Gasteiger charge is -2.27. The van der Waals surface area contributed by atoms with Gasteiger partial charge in [-0.25, -0.2) is 0 Å². The number of benzene rings is 4. The lowest BCUT2D eigenvalue weighted by Crippen LogP contribution is -2.22. The molecule has 1 unspecified atom stereocenters. The number of phenolic OH excluding ortho intramolecular Hbond substituents is 1. The van der Waals surface area contributed by atoms with Crippen LogP contribution in [0.4, 0.5) is 11.4 Å². The van der Waals surface area contributed by atoms with Crippen molar-refractivity contribution in [2.24, 2.45) is 0 Å². The van der Waals surface area contributed by atoms with Gasteiger partial charge in [0.05, 0.1) is 0 Å². The van der Waals surface area contributed by atoms with Gasteiger partial charge in [-0.3, -0.25) is 0 Å². The fraction of sp³-hybridized carbons (Fsp3) is 0.226. The smallest absolute Gasteiger partial charge is 0.126 e. The Morgan fingerprint density at radius 1 is 0.735 bits per heavy atom. The molecule has 0 aliphatic carbocycles. The molecule has 1 atom stereocenters. The zero-order chi connectivity index (χ0) is 24.3. The van der Waals surface area contributed by atoms with Crippen molar-refractivity contribution in [3.8, 4) is 5.75 Å². The molecule has 0 aromatic heterocycles. The van der Waals surface area contributed by atoms with Crippen LogP contribution in [0.3, 0.4) is 0 Å². The Morgan fingerprint density at radius 3 is 1.88 bits per heavy atom. The molecule has 1 N–H and O–H groups in total. The van der Waals surface area contributed by atoms with Gasteiger partial charge in [0, 0.05) is 23.2 Å². The first kappa shape index (κ1) is 24.0. The normalized spacial score (nSPS) is 11.8. The zero-order valence-electron chi connectivity index (χ0n) is 20.8. The number of anilines is 2. The van der Waals surface area contributed by atoms with Gasteiger partial charge in [-0.2, -0.15) is 0 Å². The minimum Gasteiger partial charge on any atom is -0.507 e. The van der Waals surface area contributed by atoms with Crippen LogP contribution in [0.25, 0.3) is 0 Å². The fourth-order valence-corrected chi connectivity index (χ4v) is 5.46. The largest absolute Gasteiger partial charge is 0.507 e. The Bertz CT molecular complexity index is 1220. The van der Waals surface area contributed by atoms with E-state index in [-0.39, 0.29) is 5.41 Å². The maximum atomic E-state index is 10.9. The van der Waals surface area contributed by atoms with Crippen molar-refractivity contribution >= 4 is 30.6 Å². The molecule has 0 radical (unpaired) electrons. The Morgan fingerprint density at radius 2 is 1.32 bits per heavy atom. The van der Waals surface area contributed by atoms with Gasteiger partial charge in [-0.15, -0.1) is 0 Å². The van der Waals surface area contributed by atoms with E-state index < -0.39 is 0 Å². The average molecular weight is 468 g/mol. The Balaban J connectivity index is 1.75. The van der Waals surface area contributed by atoms with Gasteiger partial charge in [0.25, 0.3) is 0 Å². The topological polar surface area (TPSA) is 23.5 Å². The summed E-state index contributed by atoms with van der Waals surface area (Å²) in [7, 11) is 0.381. The summed E-state index contributed by atoms with van der Waals surface area (Å²) in [6.45, 7) is 11.6. The van der Waals surface area contributed by atoms with E-state index in [4.69, 9.17) is 0 Å². The lowest BCUT2D eigenvalue weighted by atomic mass is 9.86. The summed E-state index contributed by atoms with van der Waals surface area (Å²) in [4.78, 5) is 2.36. The molecule has 0 heterocycles. The SMILES string of the molecule is Cc1ccc(Pc2cc(C(C)(C)C)cc(C)c2O)c(CN(c2ccccc2)c2ccccc2)c1. The predicted octanol–water partition coefficient (Wildman–Crippen LogP) is 7.27. The van der Waals surface area contributed by atoms with E-state index in [1.165, 1.54) is 22.0 Å². The molecule has 0 saturated carbocycles. The van der Waals surface area contributed by atoms with E-state index in [9.17, 15) is 5.11 Å². The van der Waals surface area contributed by atoms with E-state index in [1.54, 1.807) is 0 Å². The first-order chi connectivity index (χ1) is 16.2. The van der Waals surface area contributed by atoms with Gasteiger partial charge in [-0.1, -0.05) is 95.6 Å². The van der Waals surface area contributed by atoms with Gasteiger partial charge >= 0.3 is 0 Å². The molecule has 34 heavy (non-hydrogen) atoms. The summed E-state index contributed by atoms with van der Waals surface area (Å²) in [6, 6.07) is 32.1. The second-order valence-corrected chi connectivity index (χ2v) is 11.3. The van der Waals surface area contributed by atoms with Crippen LogP contribution in [-0.2, 0) is 12.0 Å². The van der Waals surface area contributed by atoms with Gasteiger partial charge in [0.2, 0.25) is 0 Å². The molecule has 4 rings (SSSR count). The van der Waals surface area contributed by atoms with E-state index in [0.717, 1.165) is 28.8 Å². The Hall–Kier alpha value is -3.09. The summed E-state index contributed by atoms with van der Waals surface area (Å²) >= 11 is 0. The number of rotatable bonds is 6. The first-order valence-corrected chi connectivity index (χ1v) is 12.8. The van der Waals surface area contributed by atoms with Crippen LogP contribution in [0.5, 0.6) is 5.75 Å². The first-order valence-electron chi connectivity index (χ1n) is 11.8. The number of para-hydroxylation sites is 2. The van der Waals surface area contributed by atoms with Crippen LogP contribution in [0, 0.1) is 13.8 Å². The van der Waals surface area contributed by atoms with Gasteiger partial charge in [0.1, 0.15) is 5.75 Å². The predicted molar refractivity (Wildman–Crippen MR) is 149 cm³/mol. The van der Waals surface area contributed by atoms with Crippen LogP contribution in [-0.4, -0.2) is 5.11 Å². The summed E-state index contributed by atoms with van der Waals surface area (Å²) < 4.78 is 0. The molecule has 0 saturated heterocycles. The molecular weight excluding hydrogens is 433 g/mol. The van der Waals surface area contributed by atoms with Crippen molar-refractivity contribution < 1.29 is 5.11 Å². The van der Waals surface area contributed by atoms with Gasteiger partial charge in [-0.05, 0) is 71.6 Å². The second-order valence-electron chi connectivity index (χ2n) is 9.98. The van der Waals surface area contributed by atoms with Crippen LogP contribution in [0.15, 0.2) is 91.0 Å². The van der Waals surface area contributed by atoms with Gasteiger partial charge < -0.3 is 10.0 Å². The molecule has 4 aromatic rings. The quantitative estimate of drug-likeness (QED) is 0.301. The van der Waals surface area contributed by atoms with Crippen LogP contribution < -0.4 is 15.5 Å². The summed E-state index contributed by atoms with van der Waals surface area (Å²) in [6.07, 6.45) is 0. The molecule has 0 bridgehead atoms. The third-order valence-corrected chi connectivity index (χ3v) is 7.57. The van der Waals surface area contributed by atoms with E-state index in [1.807, 2.05) is 6.92 Å². The molecule has 0 amide bonds. The highest BCUT2D eigenvalue weighted by Crippen LogP contribution is 2.32. The van der Waals surface area contributed by atoms with Crippen molar-refractivity contribution in [1.82, 2.24) is 0 Å². The molecule has 3 heteroatoms. The van der Waals surface area contributed by atoms with Crippen molar-refractivity contribution in [2.75, 3.05) is 4.90 Å². The highest BCUT2D eigenvalue weighted by atomic mass is 31.1. The molecule has 0 fully saturated rings. The third kappa shape index (κ3) is 5.51. The highest BCUT2D eigenvalue weighted by Gasteiger charge is 2.19. The molecule has 0 spiro atoms. The molecule has 174 valence electrons. The highest BCUT2D eigenvalue weighted by molar-refractivity contribution is 7.55. The van der Waals surface area contributed by atoms with Crippen molar-refractivity contribution in [3.05, 3.63) is 113 Å². The van der Waals surface area contributed by atoms with Crippen molar-refractivity contribution in [2.45, 2.75) is 46.6 Å². The number of hydrogen-bond acceptors (Lipinski definition) is 2. The van der Waals surface area contributed by atoms with Crippen LogP contribution in [0.2, 0.25) is 0 Å². The Kier molecular flexibility index (Phi) is 7.10. The monoisotopic (exact) mass is 467 g/mol. The van der Waals surface area contributed by atoms with Crippen LogP contribution >= 0.6 is 8.58 Å². The molecule has 0 aliphatic heterocycles. The minimum absolute atomic E-state index is 0.0330. The number of phenols is 1. The fourth-order valence-electron chi connectivity index (χ4n) is 4.15. The molecule has 4 aromatic carbocycles. The summed E-state index contributed by atoms with van der Waals surface area (Å²) in [5, 5.41) is 13.2. The number of nitrogens with zero attached hydrogens (tertiary/aromatic N) is 1. The number of hydrogen-bond donors (Lipinski definition) is 1. The minimum atomic E-state index is 0.0330. The third-order valence-electron chi connectivity index (χ3n) is 6.16. The molecule has 0 aliphatic rings. The molecule has 2 nitrogen and oxygen atoms in total. The lowest BCUT2D eigenvalue weighted by molar-refractivity contribution is 0.474. The van der Waals surface area contributed by atoms with Gasteiger partial charge in [0.15, 0.2) is 0 Å². The van der Waals surface area contributed by atoms with Crippen molar-refractivity contribution in [3.63, 3.8) is 0 Å². The summed E-state index contributed by atoms with van der Waals surface area (Å²) in [5.74, 6) is 0.417. The molecular formula is C31H34NOP. The van der Waals surface area contributed by atoms with Crippen LogP contribution in [0.1, 0.15) is 43.0 Å². The van der Waals surface area contributed by atoms with Crippen molar-refractivity contribution in [1.29, 1.82) is 0 Å². The van der Waals surface area contributed by atoms with E-state index in [0.29, 0.717) is 14.3 Å². The maximum absolute atomic E-state index is 10.9. The standard InChI is InChI=1S/C31H34NOP/c1-22-16-17-28(34-29-20-25(31(3,4)5)19-23(2)30(29)33)24(18-22)21-32(26-12-8-6-9-13-26)27-14-10-7-11-15-27/h6-20,33-34H,21H2,1-5H3. The number of aromatic hydroxyl groups is 1. The summed E-state index contributed by atoms with van der Waals surface area (Å²) in [5.41, 5.74) is 7.09. The Labute approximate surface area is 206 Å². The zero-order valence-corrected chi connectivity index (χ0v) is 21.8. The van der Waals surface area contributed by atoms with E-state index in [2.05, 4.69) is 124 Å². The second kappa shape index (κ2) is 10.0. The number of aryl methyl sites for hydroxylation is 2. The average Bonchev–Trinajstić information content (AvgIpc) is 2.82. The van der Waals surface area contributed by atoms with E-state index >= 15 is 0 Å².